The first-order valence-corrected chi connectivity index (χ1v) is 38.6. The van der Waals surface area contributed by atoms with Gasteiger partial charge in [0.15, 0.2) is 0 Å². The minimum Gasteiger partial charge on any atom is -0.0654 e. The summed E-state index contributed by atoms with van der Waals surface area (Å²) in [5.74, 6) is -1.02. The Kier molecular flexibility index (Phi) is 58.8. The van der Waals surface area contributed by atoms with Crippen molar-refractivity contribution in [3.8, 4) is 0 Å². The van der Waals surface area contributed by atoms with E-state index in [1.807, 2.05) is 0 Å². The fraction of sp³-hybridized carbons (Fsp3) is 0.954. The molecule has 0 aromatic heterocycles. The smallest absolute Gasteiger partial charge is 0.0654 e. The van der Waals surface area contributed by atoms with Crippen molar-refractivity contribution >= 4 is 37.5 Å². The Bertz CT molecular complexity index is 991. The molecule has 0 rings (SSSR count). The molecule has 0 amide bonds. The zero-order valence-electron chi connectivity index (χ0n) is 49.5. The molecule has 428 valence electrons. The summed E-state index contributed by atoms with van der Waals surface area (Å²) in [6.45, 7) is 9.08. The van der Waals surface area contributed by atoms with E-state index in [4.69, 9.17) is 9.22 Å². The van der Waals surface area contributed by atoms with Gasteiger partial charge in [-0.2, -0.15) is 0 Å². The molecule has 0 unspecified atom stereocenters. The third-order valence-electron chi connectivity index (χ3n) is 15.3. The zero-order chi connectivity index (χ0) is 52.4. The van der Waals surface area contributed by atoms with Crippen LogP contribution in [0.1, 0.15) is 394 Å². The molecule has 0 saturated carbocycles. The van der Waals surface area contributed by atoms with E-state index >= 15 is 0 Å². The molecule has 0 aromatic rings. The summed E-state index contributed by atoms with van der Waals surface area (Å²) in [5.41, 5.74) is 0. The standard InChI is InChI=1S/3C19H38O2.C8H17.Sn/c3*1-2-3-4-5-6-7-8-9-10-11-12-13-14-15-16-17-18-19(20)21;1-3-5-7-8-6-4-2;/h3*2-18H2,1H3,(H,20,21);1,3-8H2,2H3;/q;;;;+3/p-3. The number of carbonyl (C=O) groups is 3. The number of carbonyl (C=O) groups excluding carboxylic acids is 3. The number of unbranched alkanes of at least 4 members (excludes halogenated alkanes) is 50. The number of hydrogen-bond acceptors (Lipinski definition) is 6. The quantitative estimate of drug-likeness (QED) is 0.0446. The second-order valence-electron chi connectivity index (χ2n) is 22.8. The first kappa shape index (κ1) is 71.2. The van der Waals surface area contributed by atoms with E-state index in [0.717, 1.165) is 83.5 Å². The van der Waals surface area contributed by atoms with Gasteiger partial charge in [0, 0.05) is 0 Å². The Hall–Kier alpha value is -0.791. The molecule has 0 fully saturated rings. The minimum absolute atomic E-state index is 0.293. The molecule has 0 aliphatic carbocycles. The van der Waals surface area contributed by atoms with Gasteiger partial charge in [-0.25, -0.2) is 0 Å². The summed E-state index contributed by atoms with van der Waals surface area (Å²) in [6, 6.07) is 0. The average Bonchev–Trinajstić information content (AvgIpc) is 3.37. The van der Waals surface area contributed by atoms with Crippen molar-refractivity contribution in [2.45, 2.75) is 398 Å². The van der Waals surface area contributed by atoms with Gasteiger partial charge in [-0.1, -0.05) is 156 Å². The van der Waals surface area contributed by atoms with Crippen LogP contribution in [0.2, 0.25) is 4.44 Å². The summed E-state index contributed by atoms with van der Waals surface area (Å²) < 4.78 is 19.3. The van der Waals surface area contributed by atoms with Crippen molar-refractivity contribution in [2.24, 2.45) is 0 Å². The minimum atomic E-state index is -4.94. The summed E-state index contributed by atoms with van der Waals surface area (Å²) >= 11 is -4.94. The SMILES string of the molecule is CCCCCCCCCCCCCCCCCCC(=O)[O][Sn]([CH2]CCCCCCC)([O]C(=O)CCCCCCCCCCCCCCCCCC)[O]C(=O)CCCCCCCCCCCCCCCCCC. The molecule has 0 heterocycles. The van der Waals surface area contributed by atoms with Crippen LogP contribution < -0.4 is 0 Å². The molecule has 6 nitrogen and oxygen atoms in total. The maximum absolute atomic E-state index is 13.6. The molecule has 0 aromatic carbocycles. The molecular formula is C65H128O6Sn. The van der Waals surface area contributed by atoms with Gasteiger partial charge in [0.2, 0.25) is 0 Å². The molecule has 0 bridgehead atoms. The van der Waals surface area contributed by atoms with Crippen LogP contribution in [0.5, 0.6) is 0 Å². The van der Waals surface area contributed by atoms with E-state index in [1.54, 1.807) is 0 Å². The molecule has 0 radical (unpaired) electrons. The summed E-state index contributed by atoms with van der Waals surface area (Å²) in [7, 11) is 0. The van der Waals surface area contributed by atoms with Gasteiger partial charge in [0.05, 0.1) is 0 Å². The second kappa shape index (κ2) is 59.5. The third kappa shape index (κ3) is 54.0. The molecule has 72 heavy (non-hydrogen) atoms. The van der Waals surface area contributed by atoms with E-state index in [2.05, 4.69) is 27.7 Å². The first-order valence-electron chi connectivity index (χ1n) is 33.1. The van der Waals surface area contributed by atoms with Crippen LogP contribution in [-0.2, 0) is 23.6 Å². The van der Waals surface area contributed by atoms with Crippen LogP contribution in [-0.4, -0.2) is 37.5 Å². The van der Waals surface area contributed by atoms with Crippen LogP contribution in [0.4, 0.5) is 0 Å². The number of rotatable bonds is 61. The van der Waals surface area contributed by atoms with Crippen LogP contribution in [0.15, 0.2) is 0 Å². The van der Waals surface area contributed by atoms with Gasteiger partial charge in [0.1, 0.15) is 0 Å². The topological polar surface area (TPSA) is 78.9 Å². The van der Waals surface area contributed by atoms with Crippen molar-refractivity contribution in [3.05, 3.63) is 0 Å². The molecular weight excluding hydrogens is 995 g/mol. The predicted octanol–water partition coefficient (Wildman–Crippen LogP) is 22.9. The summed E-state index contributed by atoms with van der Waals surface area (Å²) in [4.78, 5) is 40.9. The first-order chi connectivity index (χ1) is 35.4. The molecule has 0 saturated heterocycles. The number of hydrogen-bond donors (Lipinski definition) is 0. The Morgan fingerprint density at radius 1 is 0.208 bits per heavy atom. The molecule has 0 N–H and O–H groups in total. The fourth-order valence-corrected chi connectivity index (χ4v) is 17.5. The van der Waals surface area contributed by atoms with Gasteiger partial charge in [0.25, 0.3) is 0 Å². The van der Waals surface area contributed by atoms with Gasteiger partial charge >= 0.3 is 304 Å². The summed E-state index contributed by atoms with van der Waals surface area (Å²) in [6.07, 6.45) is 68.7. The average molecular weight is 1120 g/mol. The van der Waals surface area contributed by atoms with Crippen LogP contribution in [0.25, 0.3) is 0 Å². The fourth-order valence-electron chi connectivity index (χ4n) is 10.5. The van der Waals surface area contributed by atoms with E-state index in [9.17, 15) is 14.4 Å². The molecule has 0 aliphatic rings. The predicted molar refractivity (Wildman–Crippen MR) is 315 cm³/mol. The van der Waals surface area contributed by atoms with Gasteiger partial charge in [-0.05, 0) is 0 Å². The van der Waals surface area contributed by atoms with E-state index in [1.165, 1.54) is 263 Å². The molecule has 0 spiro atoms. The van der Waals surface area contributed by atoms with E-state index in [-0.39, 0.29) is 17.9 Å². The molecule has 7 heteroatoms. The molecule has 0 atom stereocenters. The van der Waals surface area contributed by atoms with Crippen molar-refractivity contribution in [2.75, 3.05) is 0 Å². The third-order valence-corrected chi connectivity index (χ3v) is 22.7. The molecule has 0 aliphatic heterocycles. The Labute approximate surface area is 456 Å². The summed E-state index contributed by atoms with van der Waals surface area (Å²) in [5, 5.41) is 0. The second-order valence-corrected chi connectivity index (χ2v) is 29.9. The van der Waals surface area contributed by atoms with Gasteiger partial charge < -0.3 is 0 Å². The van der Waals surface area contributed by atoms with Crippen LogP contribution in [0.3, 0.4) is 0 Å². The Balaban J connectivity index is 5.03. The van der Waals surface area contributed by atoms with Crippen molar-refractivity contribution in [3.63, 3.8) is 0 Å². The van der Waals surface area contributed by atoms with Crippen molar-refractivity contribution in [1.29, 1.82) is 0 Å². The normalized spacial score (nSPS) is 11.7. The van der Waals surface area contributed by atoms with Gasteiger partial charge in [-0.3, -0.25) is 0 Å². The Morgan fingerprint density at radius 3 is 0.514 bits per heavy atom. The zero-order valence-corrected chi connectivity index (χ0v) is 52.3. The Morgan fingerprint density at radius 2 is 0.347 bits per heavy atom. The van der Waals surface area contributed by atoms with E-state index < -0.39 is 19.6 Å². The van der Waals surface area contributed by atoms with E-state index in [0.29, 0.717) is 23.7 Å². The van der Waals surface area contributed by atoms with Crippen molar-refractivity contribution in [1.82, 2.24) is 0 Å². The maximum atomic E-state index is 13.6. The van der Waals surface area contributed by atoms with Crippen molar-refractivity contribution < 1.29 is 23.6 Å². The van der Waals surface area contributed by atoms with Crippen LogP contribution >= 0.6 is 0 Å². The van der Waals surface area contributed by atoms with Gasteiger partial charge in [-0.15, -0.1) is 0 Å². The monoisotopic (exact) mass is 1120 g/mol. The van der Waals surface area contributed by atoms with Crippen LogP contribution in [0, 0.1) is 0 Å².